The van der Waals surface area contributed by atoms with Crippen molar-refractivity contribution in [2.45, 2.75) is 57.5 Å². The molecule has 3 nitrogen and oxygen atoms in total. The summed E-state index contributed by atoms with van der Waals surface area (Å²) >= 11 is 0. The summed E-state index contributed by atoms with van der Waals surface area (Å²) < 4.78 is 0. The Bertz CT molecular complexity index is 407. The third-order valence-electron chi connectivity index (χ3n) is 4.81. The molecule has 1 aromatic rings. The van der Waals surface area contributed by atoms with Crippen molar-refractivity contribution in [1.29, 1.82) is 0 Å². The van der Waals surface area contributed by atoms with Crippen LogP contribution in [0.4, 0.5) is 5.69 Å². The first-order valence-corrected chi connectivity index (χ1v) is 7.74. The molecule has 1 unspecified atom stereocenters. The van der Waals surface area contributed by atoms with E-state index in [1.54, 1.807) is 0 Å². The number of pyridine rings is 1. The molecule has 104 valence electrons. The zero-order chi connectivity index (χ0) is 13.2. The van der Waals surface area contributed by atoms with Crippen LogP contribution in [0.5, 0.6) is 0 Å². The lowest BCUT2D eigenvalue weighted by molar-refractivity contribution is 0.430. The molecular formula is C16H25N3. The maximum absolute atomic E-state index is 5.87. The number of nitrogens with zero attached hydrogens (tertiary/aromatic N) is 2. The van der Waals surface area contributed by atoms with Gasteiger partial charge >= 0.3 is 0 Å². The first kappa shape index (κ1) is 12.9. The highest BCUT2D eigenvalue weighted by Crippen LogP contribution is 2.37. The minimum Gasteiger partial charge on any atom is -0.367 e. The molecular weight excluding hydrogens is 234 g/mol. The molecule has 0 radical (unpaired) electrons. The summed E-state index contributed by atoms with van der Waals surface area (Å²) in [5.41, 5.74) is 8.14. The molecule has 2 heterocycles. The van der Waals surface area contributed by atoms with Gasteiger partial charge in [0.15, 0.2) is 0 Å². The zero-order valence-corrected chi connectivity index (χ0v) is 11.9. The Morgan fingerprint density at radius 3 is 2.63 bits per heavy atom. The highest BCUT2D eigenvalue weighted by Gasteiger charge is 2.33. The van der Waals surface area contributed by atoms with Crippen molar-refractivity contribution in [3.05, 3.63) is 24.0 Å². The Morgan fingerprint density at radius 2 is 2.00 bits per heavy atom. The van der Waals surface area contributed by atoms with Gasteiger partial charge in [0.2, 0.25) is 0 Å². The van der Waals surface area contributed by atoms with Gasteiger partial charge in [0.05, 0.1) is 17.6 Å². The van der Waals surface area contributed by atoms with Crippen molar-refractivity contribution in [2.24, 2.45) is 11.7 Å². The predicted molar refractivity (Wildman–Crippen MR) is 79.2 cm³/mol. The van der Waals surface area contributed by atoms with Crippen molar-refractivity contribution >= 4 is 5.69 Å². The number of hydrogen-bond acceptors (Lipinski definition) is 3. The molecule has 1 aliphatic heterocycles. The lowest BCUT2D eigenvalue weighted by Crippen LogP contribution is -2.34. The largest absolute Gasteiger partial charge is 0.367 e. The lowest BCUT2D eigenvalue weighted by Gasteiger charge is -2.31. The Hall–Kier alpha value is -1.09. The third-order valence-corrected chi connectivity index (χ3v) is 4.81. The van der Waals surface area contributed by atoms with E-state index in [0.29, 0.717) is 0 Å². The maximum Gasteiger partial charge on any atom is 0.0569 e. The Balaban J connectivity index is 1.76. The van der Waals surface area contributed by atoms with Crippen molar-refractivity contribution in [3.63, 3.8) is 0 Å². The lowest BCUT2D eigenvalue weighted by atomic mass is 9.96. The van der Waals surface area contributed by atoms with E-state index in [1.807, 2.05) is 13.1 Å². The molecule has 19 heavy (non-hydrogen) atoms. The average molecular weight is 259 g/mol. The minimum atomic E-state index is 0.0262. The van der Waals surface area contributed by atoms with E-state index in [0.717, 1.165) is 17.7 Å². The SMILES string of the molecule is C[C@@H](N)c1ccc(N2CCCC2C2CCCC2)cn1. The fourth-order valence-electron chi connectivity index (χ4n) is 3.78. The zero-order valence-electron chi connectivity index (χ0n) is 11.9. The molecule has 2 aliphatic rings. The standard InChI is InChI=1S/C16H25N3/c1-12(17)15-9-8-14(11-18-15)19-10-4-7-16(19)13-5-2-3-6-13/h8-9,11-13,16H,2-7,10,17H2,1H3/t12-,16?/m1/s1. The van der Waals surface area contributed by atoms with Crippen LogP contribution in [0.3, 0.4) is 0 Å². The van der Waals surface area contributed by atoms with Gasteiger partial charge in [-0.15, -0.1) is 0 Å². The fraction of sp³-hybridized carbons (Fsp3) is 0.688. The Labute approximate surface area is 116 Å². The van der Waals surface area contributed by atoms with E-state index in [-0.39, 0.29) is 6.04 Å². The van der Waals surface area contributed by atoms with E-state index >= 15 is 0 Å². The summed E-state index contributed by atoms with van der Waals surface area (Å²) in [6.45, 7) is 3.18. The van der Waals surface area contributed by atoms with E-state index in [2.05, 4.69) is 22.0 Å². The summed E-state index contributed by atoms with van der Waals surface area (Å²) in [4.78, 5) is 7.11. The molecule has 0 spiro atoms. The van der Waals surface area contributed by atoms with Crippen LogP contribution in [0.25, 0.3) is 0 Å². The van der Waals surface area contributed by atoms with Crippen LogP contribution in [0.15, 0.2) is 18.3 Å². The van der Waals surface area contributed by atoms with E-state index in [1.165, 1.54) is 50.8 Å². The van der Waals surface area contributed by atoms with Crippen LogP contribution in [-0.4, -0.2) is 17.6 Å². The highest BCUT2D eigenvalue weighted by molar-refractivity contribution is 5.47. The van der Waals surface area contributed by atoms with Crippen molar-refractivity contribution in [1.82, 2.24) is 4.98 Å². The molecule has 2 fully saturated rings. The number of anilines is 1. The Kier molecular flexibility index (Phi) is 3.74. The van der Waals surface area contributed by atoms with Crippen LogP contribution >= 0.6 is 0 Å². The second-order valence-corrected chi connectivity index (χ2v) is 6.18. The van der Waals surface area contributed by atoms with Crippen LogP contribution in [0.1, 0.15) is 57.2 Å². The fourth-order valence-corrected chi connectivity index (χ4v) is 3.78. The van der Waals surface area contributed by atoms with Gasteiger partial charge in [-0.05, 0) is 50.7 Å². The number of rotatable bonds is 3. The van der Waals surface area contributed by atoms with Crippen molar-refractivity contribution < 1.29 is 0 Å². The van der Waals surface area contributed by atoms with Gasteiger partial charge < -0.3 is 10.6 Å². The molecule has 0 aromatic carbocycles. The average Bonchev–Trinajstić information content (AvgIpc) is 3.09. The van der Waals surface area contributed by atoms with Crippen molar-refractivity contribution in [2.75, 3.05) is 11.4 Å². The first-order chi connectivity index (χ1) is 9.25. The quantitative estimate of drug-likeness (QED) is 0.906. The molecule has 2 atom stereocenters. The summed E-state index contributed by atoms with van der Waals surface area (Å²) in [6, 6.07) is 5.08. The summed E-state index contributed by atoms with van der Waals surface area (Å²) in [6.07, 6.45) is 10.4. The molecule has 3 rings (SSSR count). The first-order valence-electron chi connectivity index (χ1n) is 7.74. The summed E-state index contributed by atoms with van der Waals surface area (Å²) in [7, 11) is 0. The highest BCUT2D eigenvalue weighted by atomic mass is 15.2. The molecule has 1 saturated heterocycles. The van der Waals surface area contributed by atoms with Gasteiger partial charge in [0.25, 0.3) is 0 Å². The normalized spacial score (nSPS) is 26.0. The van der Waals surface area contributed by atoms with E-state index < -0.39 is 0 Å². The van der Waals surface area contributed by atoms with Crippen LogP contribution in [-0.2, 0) is 0 Å². The van der Waals surface area contributed by atoms with Crippen molar-refractivity contribution in [3.8, 4) is 0 Å². The summed E-state index contributed by atoms with van der Waals surface area (Å²) in [5.74, 6) is 0.913. The topological polar surface area (TPSA) is 42.1 Å². The van der Waals surface area contributed by atoms with Gasteiger partial charge in [-0.1, -0.05) is 12.8 Å². The van der Waals surface area contributed by atoms with Crippen LogP contribution in [0.2, 0.25) is 0 Å². The number of hydrogen-bond donors (Lipinski definition) is 1. The monoisotopic (exact) mass is 259 g/mol. The summed E-state index contributed by atoms with van der Waals surface area (Å²) in [5, 5.41) is 0. The molecule has 1 saturated carbocycles. The second-order valence-electron chi connectivity index (χ2n) is 6.18. The van der Waals surface area contributed by atoms with Gasteiger partial charge in [0, 0.05) is 18.6 Å². The predicted octanol–water partition coefficient (Wildman–Crippen LogP) is 3.26. The van der Waals surface area contributed by atoms with E-state index in [9.17, 15) is 0 Å². The van der Waals surface area contributed by atoms with Crippen LogP contribution in [0, 0.1) is 5.92 Å². The molecule has 3 heteroatoms. The van der Waals surface area contributed by atoms with Gasteiger partial charge in [-0.2, -0.15) is 0 Å². The smallest absolute Gasteiger partial charge is 0.0569 e. The van der Waals surface area contributed by atoms with E-state index in [4.69, 9.17) is 5.73 Å². The second kappa shape index (κ2) is 5.49. The molecule has 1 aromatic heterocycles. The molecule has 1 aliphatic carbocycles. The number of nitrogens with two attached hydrogens (primary N) is 1. The van der Waals surface area contributed by atoms with Crippen LogP contribution < -0.4 is 10.6 Å². The molecule has 2 N–H and O–H groups in total. The molecule has 0 amide bonds. The maximum atomic E-state index is 5.87. The van der Waals surface area contributed by atoms with Gasteiger partial charge in [-0.25, -0.2) is 0 Å². The van der Waals surface area contributed by atoms with Gasteiger partial charge in [-0.3, -0.25) is 4.98 Å². The Morgan fingerprint density at radius 1 is 1.21 bits per heavy atom. The molecule has 0 bridgehead atoms. The minimum absolute atomic E-state index is 0.0262. The number of aromatic nitrogens is 1. The van der Waals surface area contributed by atoms with Gasteiger partial charge in [0.1, 0.15) is 0 Å². The third kappa shape index (κ3) is 2.62.